The lowest BCUT2D eigenvalue weighted by Crippen LogP contribution is -2.23. The number of rotatable bonds is 6. The lowest BCUT2D eigenvalue weighted by molar-refractivity contribution is -0.138. The van der Waals surface area contributed by atoms with Crippen molar-refractivity contribution in [3.8, 4) is 0 Å². The second-order valence-electron chi connectivity index (χ2n) is 5.78. The second kappa shape index (κ2) is 6.87. The smallest absolute Gasteiger partial charge is 0.341 e. The van der Waals surface area contributed by atoms with Crippen molar-refractivity contribution in [2.24, 2.45) is 7.05 Å². The van der Waals surface area contributed by atoms with Crippen molar-refractivity contribution in [1.82, 2.24) is 14.7 Å². The van der Waals surface area contributed by atoms with Crippen LogP contribution in [0.15, 0.2) is 17.8 Å². The number of hydrogen-bond acceptors (Lipinski definition) is 5. The predicted octanol–water partition coefficient (Wildman–Crippen LogP) is 1.53. The molecule has 1 atom stereocenters. The number of carbonyl (C=O) groups excluding carboxylic acids is 2. The van der Waals surface area contributed by atoms with Gasteiger partial charge in [-0.3, -0.25) is 9.48 Å². The zero-order chi connectivity index (χ0) is 16.3. The highest BCUT2D eigenvalue weighted by atomic mass is 16.5. The third-order valence-electron chi connectivity index (χ3n) is 3.68. The number of Topliss-reactive ketones (excluding diaryl/α,β-unsaturated/α-hetero) is 1. The van der Waals surface area contributed by atoms with E-state index in [1.54, 1.807) is 30.9 Å². The van der Waals surface area contributed by atoms with Gasteiger partial charge in [0, 0.05) is 19.2 Å². The Balaban J connectivity index is 2.27. The number of aromatic nitrogens is 2. The molecule has 22 heavy (non-hydrogen) atoms. The standard InChI is InChI=1S/C16H23N3O3/c1-5-22-16(21)12-9-11(7-6-8-18(2)3)14-13(15(12)20)10-19(4)17-14/h9-11H,5-8H2,1-4H3/t11-/m0/s1. The molecule has 6 nitrogen and oxygen atoms in total. The Labute approximate surface area is 130 Å². The zero-order valence-electron chi connectivity index (χ0n) is 13.6. The number of hydrogen-bond donors (Lipinski definition) is 0. The zero-order valence-corrected chi connectivity index (χ0v) is 13.6. The van der Waals surface area contributed by atoms with Gasteiger partial charge < -0.3 is 9.64 Å². The van der Waals surface area contributed by atoms with Crippen molar-refractivity contribution >= 4 is 11.8 Å². The molecule has 6 heteroatoms. The van der Waals surface area contributed by atoms with Crippen molar-refractivity contribution in [2.45, 2.75) is 25.7 Å². The van der Waals surface area contributed by atoms with Crippen LogP contribution in [-0.4, -0.2) is 53.7 Å². The van der Waals surface area contributed by atoms with Crippen LogP contribution in [0.2, 0.25) is 0 Å². The fraction of sp³-hybridized carbons (Fsp3) is 0.562. The van der Waals surface area contributed by atoms with Crippen LogP contribution in [0.25, 0.3) is 0 Å². The molecule has 1 aromatic rings. The normalized spacial score (nSPS) is 17.4. The van der Waals surface area contributed by atoms with Gasteiger partial charge in [0.15, 0.2) is 0 Å². The van der Waals surface area contributed by atoms with E-state index in [1.165, 1.54) is 0 Å². The SMILES string of the molecule is CCOC(=O)C1=C[C@H](CCCN(C)C)c2nn(C)cc2C1=O. The molecule has 2 rings (SSSR count). The van der Waals surface area contributed by atoms with Crippen LogP contribution < -0.4 is 0 Å². The fourth-order valence-electron chi connectivity index (χ4n) is 2.67. The second-order valence-corrected chi connectivity index (χ2v) is 5.78. The van der Waals surface area contributed by atoms with Gasteiger partial charge in [-0.2, -0.15) is 5.10 Å². The number of esters is 1. The lowest BCUT2D eigenvalue weighted by Gasteiger charge is -2.19. The number of ether oxygens (including phenoxy) is 1. The summed E-state index contributed by atoms with van der Waals surface area (Å²) in [6, 6.07) is 0. The summed E-state index contributed by atoms with van der Waals surface area (Å²) >= 11 is 0. The van der Waals surface area contributed by atoms with Crippen LogP contribution in [0.1, 0.15) is 41.7 Å². The minimum absolute atomic E-state index is 0.0201. The summed E-state index contributed by atoms with van der Waals surface area (Å²) < 4.78 is 6.63. The van der Waals surface area contributed by atoms with E-state index in [2.05, 4.69) is 10.00 Å². The number of allylic oxidation sites excluding steroid dienone is 1. The first-order valence-corrected chi connectivity index (χ1v) is 7.56. The van der Waals surface area contributed by atoms with Crippen LogP contribution in [0, 0.1) is 0 Å². The Kier molecular flexibility index (Phi) is 5.13. The minimum Gasteiger partial charge on any atom is -0.462 e. The largest absolute Gasteiger partial charge is 0.462 e. The van der Waals surface area contributed by atoms with E-state index in [4.69, 9.17) is 4.74 Å². The van der Waals surface area contributed by atoms with Gasteiger partial charge in [-0.25, -0.2) is 4.79 Å². The molecule has 1 heterocycles. The highest BCUT2D eigenvalue weighted by molar-refractivity contribution is 6.25. The van der Waals surface area contributed by atoms with Gasteiger partial charge in [0.25, 0.3) is 0 Å². The van der Waals surface area contributed by atoms with Crippen molar-refractivity contribution in [3.05, 3.63) is 29.1 Å². The highest BCUT2D eigenvalue weighted by Gasteiger charge is 2.33. The van der Waals surface area contributed by atoms with Gasteiger partial charge in [0.05, 0.1) is 17.9 Å². The third-order valence-corrected chi connectivity index (χ3v) is 3.68. The number of ketones is 1. The monoisotopic (exact) mass is 305 g/mol. The summed E-state index contributed by atoms with van der Waals surface area (Å²) in [5, 5.41) is 4.41. The average molecular weight is 305 g/mol. The highest BCUT2D eigenvalue weighted by Crippen LogP contribution is 2.32. The minimum atomic E-state index is -0.542. The molecule has 0 fully saturated rings. The Hall–Kier alpha value is -1.95. The first-order valence-electron chi connectivity index (χ1n) is 7.56. The topological polar surface area (TPSA) is 64.4 Å². The Bertz CT molecular complexity index is 602. The van der Waals surface area contributed by atoms with E-state index in [0.717, 1.165) is 25.1 Å². The summed E-state index contributed by atoms with van der Waals surface area (Å²) in [6.45, 7) is 2.94. The van der Waals surface area contributed by atoms with E-state index in [0.29, 0.717) is 5.56 Å². The molecule has 1 aliphatic carbocycles. The summed E-state index contributed by atoms with van der Waals surface area (Å²) in [5.74, 6) is -0.849. The average Bonchev–Trinajstić information content (AvgIpc) is 2.83. The van der Waals surface area contributed by atoms with E-state index in [1.807, 2.05) is 14.1 Å². The number of carbonyl (C=O) groups is 2. The molecule has 0 saturated carbocycles. The first kappa shape index (κ1) is 16.4. The van der Waals surface area contributed by atoms with Crippen LogP contribution in [0.3, 0.4) is 0 Å². The first-order chi connectivity index (χ1) is 10.4. The predicted molar refractivity (Wildman–Crippen MR) is 82.8 cm³/mol. The number of aryl methyl sites for hydroxylation is 1. The molecule has 0 N–H and O–H groups in total. The van der Waals surface area contributed by atoms with E-state index >= 15 is 0 Å². The maximum Gasteiger partial charge on any atom is 0.341 e. The molecule has 0 aromatic carbocycles. The van der Waals surface area contributed by atoms with Crippen LogP contribution >= 0.6 is 0 Å². The van der Waals surface area contributed by atoms with Crippen molar-refractivity contribution in [1.29, 1.82) is 0 Å². The fourth-order valence-corrected chi connectivity index (χ4v) is 2.67. The third kappa shape index (κ3) is 3.44. The maximum absolute atomic E-state index is 12.4. The Morgan fingerprint density at radius 1 is 1.45 bits per heavy atom. The summed E-state index contributed by atoms with van der Waals surface area (Å²) in [4.78, 5) is 26.6. The number of fused-ring (bicyclic) bond motifs is 1. The van der Waals surface area contributed by atoms with Gasteiger partial charge in [0.2, 0.25) is 5.78 Å². The van der Waals surface area contributed by atoms with Crippen LogP contribution in [0.5, 0.6) is 0 Å². The lowest BCUT2D eigenvalue weighted by atomic mass is 9.85. The quantitative estimate of drug-likeness (QED) is 0.589. The van der Waals surface area contributed by atoms with Crippen LogP contribution in [0.4, 0.5) is 0 Å². The molecule has 0 bridgehead atoms. The molecule has 0 unspecified atom stereocenters. The van der Waals surface area contributed by atoms with Crippen molar-refractivity contribution in [2.75, 3.05) is 27.2 Å². The molecule has 0 saturated heterocycles. The molecular formula is C16H23N3O3. The van der Waals surface area contributed by atoms with Crippen molar-refractivity contribution in [3.63, 3.8) is 0 Å². The van der Waals surface area contributed by atoms with Crippen molar-refractivity contribution < 1.29 is 14.3 Å². The van der Waals surface area contributed by atoms with Gasteiger partial charge in [-0.05, 0) is 40.4 Å². The summed E-state index contributed by atoms with van der Waals surface area (Å²) in [6.07, 6.45) is 5.22. The van der Waals surface area contributed by atoms with E-state index in [-0.39, 0.29) is 23.9 Å². The Morgan fingerprint density at radius 2 is 2.18 bits per heavy atom. The Morgan fingerprint density at radius 3 is 2.82 bits per heavy atom. The molecule has 0 aliphatic heterocycles. The number of nitrogens with zero attached hydrogens (tertiary/aromatic N) is 3. The van der Waals surface area contributed by atoms with Gasteiger partial charge in [-0.15, -0.1) is 0 Å². The molecule has 0 spiro atoms. The molecule has 0 radical (unpaired) electrons. The van der Waals surface area contributed by atoms with E-state index in [9.17, 15) is 9.59 Å². The van der Waals surface area contributed by atoms with Crippen LogP contribution in [-0.2, 0) is 16.6 Å². The van der Waals surface area contributed by atoms with Gasteiger partial charge in [-0.1, -0.05) is 6.08 Å². The molecule has 1 aliphatic rings. The summed E-state index contributed by atoms with van der Waals surface area (Å²) in [7, 11) is 5.83. The summed E-state index contributed by atoms with van der Waals surface area (Å²) in [5.41, 5.74) is 1.42. The van der Waals surface area contributed by atoms with Gasteiger partial charge >= 0.3 is 5.97 Å². The maximum atomic E-state index is 12.4. The molecule has 120 valence electrons. The van der Waals surface area contributed by atoms with E-state index < -0.39 is 5.97 Å². The van der Waals surface area contributed by atoms with Gasteiger partial charge in [0.1, 0.15) is 5.57 Å². The molecule has 0 amide bonds. The molecule has 1 aromatic heterocycles. The molecular weight excluding hydrogens is 282 g/mol.